The molecule has 1 amide bonds. The van der Waals surface area contributed by atoms with Crippen molar-refractivity contribution < 1.29 is 23.7 Å². The zero-order chi connectivity index (χ0) is 21.8. The maximum absolute atomic E-state index is 12.0. The van der Waals surface area contributed by atoms with Crippen LogP contribution in [-0.4, -0.2) is 36.9 Å². The molecule has 1 fully saturated rings. The average molecular weight is 444 g/mol. The summed E-state index contributed by atoms with van der Waals surface area (Å²) in [6.07, 6.45) is 4.29. The summed E-state index contributed by atoms with van der Waals surface area (Å²) in [5, 5.41) is 3.62. The van der Waals surface area contributed by atoms with Crippen LogP contribution in [0.3, 0.4) is 0 Å². The molecular formula is C22H22ClN3O5. The van der Waals surface area contributed by atoms with E-state index in [1.807, 2.05) is 0 Å². The van der Waals surface area contributed by atoms with E-state index in [2.05, 4.69) is 15.3 Å². The van der Waals surface area contributed by atoms with E-state index in [1.54, 1.807) is 44.6 Å². The van der Waals surface area contributed by atoms with E-state index in [-0.39, 0.29) is 0 Å². The number of carbonyl (C=O) groups excluding carboxylic acids is 1. The van der Waals surface area contributed by atoms with Gasteiger partial charge in [0.05, 0.1) is 42.4 Å². The van der Waals surface area contributed by atoms with Gasteiger partial charge in [-0.3, -0.25) is 5.32 Å². The Hall–Kier alpha value is -3.26. The Bertz CT molecular complexity index is 1100. The van der Waals surface area contributed by atoms with Crippen LogP contribution in [0, 0.1) is 5.92 Å². The van der Waals surface area contributed by atoms with E-state index in [0.717, 1.165) is 12.8 Å². The molecule has 1 aliphatic carbocycles. The average Bonchev–Trinajstić information content (AvgIpc) is 2.73. The van der Waals surface area contributed by atoms with Crippen LogP contribution < -0.4 is 19.5 Å². The van der Waals surface area contributed by atoms with E-state index >= 15 is 0 Å². The van der Waals surface area contributed by atoms with Crippen molar-refractivity contribution >= 4 is 34.3 Å². The molecular weight excluding hydrogens is 422 g/mol. The molecule has 1 aliphatic rings. The van der Waals surface area contributed by atoms with Gasteiger partial charge in [-0.15, -0.1) is 0 Å². The van der Waals surface area contributed by atoms with Crippen LogP contribution in [0.1, 0.15) is 19.3 Å². The van der Waals surface area contributed by atoms with Gasteiger partial charge in [0.1, 0.15) is 12.1 Å². The molecule has 1 N–H and O–H groups in total. The highest BCUT2D eigenvalue weighted by molar-refractivity contribution is 6.33. The lowest BCUT2D eigenvalue weighted by molar-refractivity contribution is 0.115. The first-order valence-corrected chi connectivity index (χ1v) is 10.2. The Labute approximate surface area is 184 Å². The first-order chi connectivity index (χ1) is 15.1. The van der Waals surface area contributed by atoms with Gasteiger partial charge in [0, 0.05) is 12.1 Å². The molecule has 0 unspecified atom stereocenters. The number of aromatic nitrogens is 2. The van der Waals surface area contributed by atoms with Gasteiger partial charge < -0.3 is 18.9 Å². The molecule has 3 aromatic rings. The Morgan fingerprint density at radius 1 is 1.13 bits per heavy atom. The number of nitrogens with zero attached hydrogens (tertiary/aromatic N) is 2. The van der Waals surface area contributed by atoms with E-state index in [9.17, 15) is 4.79 Å². The summed E-state index contributed by atoms with van der Waals surface area (Å²) in [4.78, 5) is 20.5. The molecule has 0 atom stereocenters. The van der Waals surface area contributed by atoms with E-state index < -0.39 is 6.09 Å². The van der Waals surface area contributed by atoms with Gasteiger partial charge in [-0.25, -0.2) is 14.8 Å². The summed E-state index contributed by atoms with van der Waals surface area (Å²) in [7, 11) is 3.11. The SMILES string of the molecule is COc1cc2ncnc(Oc3ccc(NC(=O)OCC4CCC4)c(Cl)c3)c2cc1OC. The Morgan fingerprint density at radius 3 is 2.58 bits per heavy atom. The summed E-state index contributed by atoms with van der Waals surface area (Å²) < 4.78 is 21.8. The van der Waals surface area contributed by atoms with Crippen LogP contribution in [0.4, 0.5) is 10.5 Å². The van der Waals surface area contributed by atoms with E-state index in [0.29, 0.717) is 57.3 Å². The summed E-state index contributed by atoms with van der Waals surface area (Å²) in [5.41, 5.74) is 1.08. The molecule has 0 radical (unpaired) electrons. The minimum atomic E-state index is -0.523. The number of fused-ring (bicyclic) bond motifs is 1. The van der Waals surface area contributed by atoms with Gasteiger partial charge in [0.2, 0.25) is 5.88 Å². The third-order valence-electron chi connectivity index (χ3n) is 5.17. The van der Waals surface area contributed by atoms with Crippen molar-refractivity contribution in [1.82, 2.24) is 9.97 Å². The molecule has 8 nitrogen and oxygen atoms in total. The van der Waals surface area contributed by atoms with Crippen molar-refractivity contribution in [2.24, 2.45) is 5.92 Å². The normalized spacial score (nSPS) is 13.4. The maximum atomic E-state index is 12.0. The summed E-state index contributed by atoms with van der Waals surface area (Å²) in [6, 6.07) is 8.42. The largest absolute Gasteiger partial charge is 0.493 e. The fraction of sp³-hybridized carbons (Fsp3) is 0.318. The van der Waals surface area contributed by atoms with Crippen LogP contribution in [-0.2, 0) is 4.74 Å². The number of amides is 1. The number of benzene rings is 2. The first kappa shape index (κ1) is 21.0. The second-order valence-electron chi connectivity index (χ2n) is 7.17. The number of ether oxygens (including phenoxy) is 4. The highest BCUT2D eigenvalue weighted by Crippen LogP contribution is 2.37. The monoisotopic (exact) mass is 443 g/mol. The number of halogens is 1. The fourth-order valence-electron chi connectivity index (χ4n) is 3.21. The molecule has 9 heteroatoms. The molecule has 1 saturated carbocycles. The minimum absolute atomic E-state index is 0.315. The number of methoxy groups -OCH3 is 2. The zero-order valence-electron chi connectivity index (χ0n) is 17.2. The summed E-state index contributed by atoms with van der Waals surface area (Å²) >= 11 is 6.33. The molecule has 1 aromatic heterocycles. The second kappa shape index (κ2) is 9.26. The van der Waals surface area contributed by atoms with Gasteiger partial charge in [-0.1, -0.05) is 18.0 Å². The zero-order valence-corrected chi connectivity index (χ0v) is 17.9. The summed E-state index contributed by atoms with van der Waals surface area (Å²) in [5.74, 6) is 2.35. The molecule has 0 aliphatic heterocycles. The van der Waals surface area contributed by atoms with Gasteiger partial charge in [0.15, 0.2) is 11.5 Å². The van der Waals surface area contributed by atoms with Gasteiger partial charge in [-0.2, -0.15) is 0 Å². The molecule has 4 rings (SSSR count). The van der Waals surface area contributed by atoms with Crippen molar-refractivity contribution in [3.8, 4) is 23.1 Å². The second-order valence-corrected chi connectivity index (χ2v) is 7.57. The van der Waals surface area contributed by atoms with E-state index in [4.69, 9.17) is 30.5 Å². The van der Waals surface area contributed by atoms with Crippen LogP contribution in [0.2, 0.25) is 5.02 Å². The Kier molecular flexibility index (Phi) is 6.27. The topological polar surface area (TPSA) is 91.8 Å². The molecule has 1 heterocycles. The number of hydrogen-bond acceptors (Lipinski definition) is 7. The van der Waals surface area contributed by atoms with Gasteiger partial charge in [-0.05, 0) is 37.0 Å². The van der Waals surface area contributed by atoms with Crippen LogP contribution in [0.25, 0.3) is 10.9 Å². The molecule has 0 saturated heterocycles. The Balaban J connectivity index is 1.49. The number of anilines is 1. The van der Waals surface area contributed by atoms with Crippen molar-refractivity contribution in [1.29, 1.82) is 0 Å². The smallest absolute Gasteiger partial charge is 0.411 e. The third-order valence-corrected chi connectivity index (χ3v) is 5.48. The first-order valence-electron chi connectivity index (χ1n) is 9.85. The predicted molar refractivity (Wildman–Crippen MR) is 116 cm³/mol. The van der Waals surface area contributed by atoms with Crippen LogP contribution in [0.15, 0.2) is 36.7 Å². The molecule has 162 valence electrons. The highest BCUT2D eigenvalue weighted by atomic mass is 35.5. The maximum Gasteiger partial charge on any atom is 0.411 e. The lowest BCUT2D eigenvalue weighted by atomic mass is 9.86. The number of hydrogen-bond donors (Lipinski definition) is 1. The highest BCUT2D eigenvalue weighted by Gasteiger charge is 2.19. The number of carbonyl (C=O) groups is 1. The molecule has 31 heavy (non-hydrogen) atoms. The van der Waals surface area contributed by atoms with Crippen LogP contribution in [0.5, 0.6) is 23.1 Å². The van der Waals surface area contributed by atoms with Crippen molar-refractivity contribution in [2.45, 2.75) is 19.3 Å². The number of nitrogens with one attached hydrogen (secondary N) is 1. The van der Waals surface area contributed by atoms with Crippen molar-refractivity contribution in [3.63, 3.8) is 0 Å². The Morgan fingerprint density at radius 2 is 1.90 bits per heavy atom. The molecule has 0 bridgehead atoms. The lowest BCUT2D eigenvalue weighted by Crippen LogP contribution is -2.22. The van der Waals surface area contributed by atoms with Gasteiger partial charge >= 0.3 is 6.09 Å². The third kappa shape index (κ3) is 4.74. The quantitative estimate of drug-likeness (QED) is 0.519. The summed E-state index contributed by atoms with van der Waals surface area (Å²) in [6.45, 7) is 0.430. The van der Waals surface area contributed by atoms with Crippen molar-refractivity contribution in [2.75, 3.05) is 26.1 Å². The molecule has 0 spiro atoms. The standard InChI is InChI=1S/C22H22ClN3O5/c1-28-19-9-15-18(10-20(19)29-2)24-12-25-21(15)31-14-6-7-17(16(23)8-14)26-22(27)30-11-13-4-3-5-13/h6-10,12-13H,3-5,11H2,1-2H3,(H,26,27). The fourth-order valence-corrected chi connectivity index (χ4v) is 3.43. The number of rotatable bonds is 7. The molecule has 2 aromatic carbocycles. The predicted octanol–water partition coefficient (Wildman–Crippen LogP) is 5.44. The minimum Gasteiger partial charge on any atom is -0.493 e. The van der Waals surface area contributed by atoms with Gasteiger partial charge in [0.25, 0.3) is 0 Å². The van der Waals surface area contributed by atoms with Crippen molar-refractivity contribution in [3.05, 3.63) is 41.7 Å². The van der Waals surface area contributed by atoms with E-state index in [1.165, 1.54) is 12.7 Å². The van der Waals surface area contributed by atoms with Crippen LogP contribution >= 0.6 is 11.6 Å². The lowest BCUT2D eigenvalue weighted by Gasteiger charge is -2.24.